The summed E-state index contributed by atoms with van der Waals surface area (Å²) in [6.45, 7) is 1.97. The van der Waals surface area contributed by atoms with E-state index in [1.54, 1.807) is 24.3 Å². The zero-order chi connectivity index (χ0) is 16.3. The molecule has 2 aromatic rings. The molecule has 0 fully saturated rings. The molecule has 8 heteroatoms. The Hall–Kier alpha value is -1.93. The molecule has 0 saturated carbocycles. The highest BCUT2D eigenvalue weighted by Crippen LogP contribution is 2.27. The fourth-order valence-electron chi connectivity index (χ4n) is 1.80. The van der Waals surface area contributed by atoms with Crippen molar-refractivity contribution in [3.63, 3.8) is 0 Å². The summed E-state index contributed by atoms with van der Waals surface area (Å²) < 4.78 is 24.5. The third kappa shape index (κ3) is 3.63. The third-order valence-corrected chi connectivity index (χ3v) is 5.40. The number of carbonyl (C=O) groups is 1. The fourth-order valence-corrected chi connectivity index (χ4v) is 3.06. The van der Waals surface area contributed by atoms with E-state index < -0.39 is 10.0 Å². The first-order valence-electron chi connectivity index (χ1n) is 6.62. The molecule has 1 heterocycles. The second kappa shape index (κ2) is 6.45. The van der Waals surface area contributed by atoms with Crippen molar-refractivity contribution in [1.82, 2.24) is 4.98 Å². The van der Waals surface area contributed by atoms with Gasteiger partial charge in [0.25, 0.3) is 5.91 Å². The quantitative estimate of drug-likeness (QED) is 0.907. The number of para-hydroxylation sites is 2. The van der Waals surface area contributed by atoms with Crippen LogP contribution in [0.3, 0.4) is 0 Å². The van der Waals surface area contributed by atoms with E-state index in [0.717, 1.165) is 22.0 Å². The van der Waals surface area contributed by atoms with Gasteiger partial charge in [-0.3, -0.25) is 9.10 Å². The highest BCUT2D eigenvalue weighted by Gasteiger charge is 2.18. The number of aryl methyl sites for hydroxylation is 1. The van der Waals surface area contributed by atoms with E-state index in [4.69, 9.17) is 0 Å². The summed E-state index contributed by atoms with van der Waals surface area (Å²) in [4.78, 5) is 16.9. The first-order chi connectivity index (χ1) is 10.3. The minimum atomic E-state index is -3.41. The van der Waals surface area contributed by atoms with Gasteiger partial charge in [0.2, 0.25) is 10.0 Å². The van der Waals surface area contributed by atoms with Crippen molar-refractivity contribution < 1.29 is 13.2 Å². The number of nitrogens with zero attached hydrogens (tertiary/aromatic N) is 2. The zero-order valence-corrected chi connectivity index (χ0v) is 14.2. The van der Waals surface area contributed by atoms with Crippen LogP contribution >= 0.6 is 11.3 Å². The number of nitrogens with one attached hydrogen (secondary N) is 1. The van der Waals surface area contributed by atoms with E-state index in [-0.39, 0.29) is 5.91 Å². The van der Waals surface area contributed by atoms with Crippen molar-refractivity contribution in [3.05, 3.63) is 40.3 Å². The number of rotatable bonds is 5. The molecule has 0 aliphatic carbocycles. The number of hydrogen-bond acceptors (Lipinski definition) is 5. The minimum absolute atomic E-state index is 0.299. The number of aromatic nitrogens is 1. The number of carbonyl (C=O) groups excluding carboxylic acids is 1. The molecule has 0 aliphatic rings. The lowest BCUT2D eigenvalue weighted by Gasteiger charge is -2.20. The summed E-state index contributed by atoms with van der Waals surface area (Å²) in [7, 11) is -1.96. The summed E-state index contributed by atoms with van der Waals surface area (Å²) in [5, 5.41) is 3.62. The molecule has 22 heavy (non-hydrogen) atoms. The van der Waals surface area contributed by atoms with Crippen LogP contribution in [0.15, 0.2) is 30.5 Å². The normalized spacial score (nSPS) is 11.2. The molecule has 0 spiro atoms. The molecule has 118 valence electrons. The van der Waals surface area contributed by atoms with Crippen molar-refractivity contribution in [2.24, 2.45) is 0 Å². The van der Waals surface area contributed by atoms with Gasteiger partial charge < -0.3 is 5.32 Å². The molecule has 1 N–H and O–H groups in total. The Morgan fingerprint density at radius 2 is 2.05 bits per heavy atom. The number of anilines is 2. The van der Waals surface area contributed by atoms with Gasteiger partial charge in [-0.05, 0) is 18.6 Å². The van der Waals surface area contributed by atoms with Crippen molar-refractivity contribution >= 4 is 38.6 Å². The van der Waals surface area contributed by atoms with Crippen LogP contribution in [-0.4, -0.2) is 32.6 Å². The van der Waals surface area contributed by atoms with Gasteiger partial charge in [-0.1, -0.05) is 19.1 Å². The Morgan fingerprint density at radius 1 is 1.36 bits per heavy atom. The SMILES string of the molecule is CCc1ncc(C(=O)Nc2ccccc2N(C)S(C)(=O)=O)s1. The maximum Gasteiger partial charge on any atom is 0.267 e. The van der Waals surface area contributed by atoms with Gasteiger partial charge in [-0.25, -0.2) is 13.4 Å². The second-order valence-corrected chi connectivity index (χ2v) is 7.80. The minimum Gasteiger partial charge on any atom is -0.319 e. The second-order valence-electron chi connectivity index (χ2n) is 4.67. The van der Waals surface area contributed by atoms with Crippen molar-refractivity contribution in [1.29, 1.82) is 0 Å². The summed E-state index contributed by atoms with van der Waals surface area (Å²) in [5.74, 6) is -0.299. The topological polar surface area (TPSA) is 79.4 Å². The molecular formula is C14H17N3O3S2. The lowest BCUT2D eigenvalue weighted by Crippen LogP contribution is -2.26. The van der Waals surface area contributed by atoms with Gasteiger partial charge in [0.05, 0.1) is 28.8 Å². The Kier molecular flexibility index (Phi) is 4.82. The summed E-state index contributed by atoms with van der Waals surface area (Å²) in [6.07, 6.45) is 3.41. The van der Waals surface area contributed by atoms with E-state index in [9.17, 15) is 13.2 Å². The van der Waals surface area contributed by atoms with Gasteiger partial charge in [0.15, 0.2) is 0 Å². The molecule has 0 aliphatic heterocycles. The average Bonchev–Trinajstić information content (AvgIpc) is 2.95. The predicted octanol–water partition coefficient (Wildman–Crippen LogP) is 2.35. The first kappa shape index (κ1) is 16.4. The first-order valence-corrected chi connectivity index (χ1v) is 9.28. The Balaban J connectivity index is 2.28. The lowest BCUT2D eigenvalue weighted by atomic mass is 10.2. The van der Waals surface area contributed by atoms with Crippen LogP contribution in [0.4, 0.5) is 11.4 Å². The molecule has 0 atom stereocenters. The van der Waals surface area contributed by atoms with E-state index in [1.807, 2.05) is 6.92 Å². The van der Waals surface area contributed by atoms with Gasteiger partial charge in [0.1, 0.15) is 4.88 Å². The predicted molar refractivity (Wildman–Crippen MR) is 89.1 cm³/mol. The molecular weight excluding hydrogens is 322 g/mol. The largest absolute Gasteiger partial charge is 0.319 e. The molecule has 1 aromatic heterocycles. The molecule has 1 amide bonds. The maximum atomic E-state index is 12.3. The molecule has 0 unspecified atom stereocenters. The van der Waals surface area contributed by atoms with Crippen LogP contribution in [0.2, 0.25) is 0 Å². The maximum absolute atomic E-state index is 12.3. The van der Waals surface area contributed by atoms with Crippen LogP contribution in [0.5, 0.6) is 0 Å². The Morgan fingerprint density at radius 3 is 2.64 bits per heavy atom. The molecule has 0 saturated heterocycles. The van der Waals surface area contributed by atoms with Crippen LogP contribution in [-0.2, 0) is 16.4 Å². The van der Waals surface area contributed by atoms with E-state index in [0.29, 0.717) is 16.3 Å². The Labute approximate surface area is 133 Å². The lowest BCUT2D eigenvalue weighted by molar-refractivity contribution is 0.103. The number of amides is 1. The van der Waals surface area contributed by atoms with Crippen molar-refractivity contribution in [2.45, 2.75) is 13.3 Å². The average molecular weight is 339 g/mol. The van der Waals surface area contributed by atoms with Crippen molar-refractivity contribution in [3.8, 4) is 0 Å². The zero-order valence-electron chi connectivity index (χ0n) is 12.5. The van der Waals surface area contributed by atoms with Crippen LogP contribution < -0.4 is 9.62 Å². The molecule has 2 rings (SSSR count). The standard InChI is InChI=1S/C14H17N3O3S2/c1-4-13-15-9-12(21-13)14(18)16-10-7-5-6-8-11(10)17(2)22(3,19)20/h5-9H,4H2,1-3H3,(H,16,18). The molecule has 1 aromatic carbocycles. The smallest absolute Gasteiger partial charge is 0.267 e. The van der Waals surface area contributed by atoms with E-state index >= 15 is 0 Å². The number of benzene rings is 1. The van der Waals surface area contributed by atoms with E-state index in [1.165, 1.54) is 24.6 Å². The van der Waals surface area contributed by atoms with Crippen molar-refractivity contribution in [2.75, 3.05) is 22.9 Å². The highest BCUT2D eigenvalue weighted by molar-refractivity contribution is 7.92. The van der Waals surface area contributed by atoms with Gasteiger partial charge >= 0.3 is 0 Å². The molecule has 0 radical (unpaired) electrons. The monoisotopic (exact) mass is 339 g/mol. The highest BCUT2D eigenvalue weighted by atomic mass is 32.2. The number of sulfonamides is 1. The fraction of sp³-hybridized carbons (Fsp3) is 0.286. The van der Waals surface area contributed by atoms with Crippen LogP contribution in [0, 0.1) is 0 Å². The van der Waals surface area contributed by atoms with E-state index in [2.05, 4.69) is 10.3 Å². The number of thiazole rings is 1. The summed E-state index contributed by atoms with van der Waals surface area (Å²) >= 11 is 1.33. The molecule has 0 bridgehead atoms. The third-order valence-electron chi connectivity index (χ3n) is 3.07. The van der Waals surface area contributed by atoms with Crippen LogP contribution in [0.25, 0.3) is 0 Å². The van der Waals surface area contributed by atoms with Gasteiger partial charge in [-0.2, -0.15) is 0 Å². The van der Waals surface area contributed by atoms with Gasteiger partial charge in [-0.15, -0.1) is 11.3 Å². The summed E-state index contributed by atoms with van der Waals surface area (Å²) in [5.41, 5.74) is 0.852. The molecule has 6 nitrogen and oxygen atoms in total. The van der Waals surface area contributed by atoms with Gasteiger partial charge in [0, 0.05) is 7.05 Å². The number of hydrogen-bond donors (Lipinski definition) is 1. The Bertz CT molecular complexity index is 784. The van der Waals surface area contributed by atoms with Crippen LogP contribution in [0.1, 0.15) is 21.6 Å². The summed E-state index contributed by atoms with van der Waals surface area (Å²) in [6, 6.07) is 6.76.